The van der Waals surface area contributed by atoms with Crippen LogP contribution in [0.2, 0.25) is 0 Å². The van der Waals surface area contributed by atoms with E-state index in [0.717, 1.165) is 11.1 Å². The molecule has 1 N–H and O–H groups in total. The first-order valence-electron chi connectivity index (χ1n) is 5.31. The lowest BCUT2D eigenvalue weighted by Crippen LogP contribution is -2.15. The molecule has 3 rings (SSSR count). The predicted octanol–water partition coefficient (Wildman–Crippen LogP) is 3.20. The Bertz CT molecular complexity index is 628. The normalized spacial score (nSPS) is 14.0. The molecule has 2 aromatic rings. The number of thiophene rings is 2. The van der Waals surface area contributed by atoms with Crippen LogP contribution < -0.4 is 0 Å². The number of hydrogen-bond acceptors (Lipinski definition) is 5. The number of hydrogen-bond donors (Lipinski definition) is 1. The summed E-state index contributed by atoms with van der Waals surface area (Å²) in [7, 11) is 0. The third-order valence-electron chi connectivity index (χ3n) is 2.77. The number of aliphatic hydroxyl groups is 1. The Labute approximate surface area is 111 Å². The number of carbonyl (C=O) groups is 2. The third-order valence-corrected chi connectivity index (χ3v) is 4.84. The van der Waals surface area contributed by atoms with E-state index in [-0.39, 0.29) is 11.6 Å². The Morgan fingerprint density at radius 2 is 1.94 bits per heavy atom. The maximum Gasteiger partial charge on any atom is 0.205 e. The fraction of sp³-hybridized carbons (Fsp3) is 0.0769. The highest BCUT2D eigenvalue weighted by atomic mass is 32.1. The van der Waals surface area contributed by atoms with E-state index in [4.69, 9.17) is 5.11 Å². The van der Waals surface area contributed by atoms with Crippen LogP contribution in [0, 0.1) is 0 Å². The molecular formula is C13H8O3S2. The van der Waals surface area contributed by atoms with Crippen LogP contribution in [0.4, 0.5) is 0 Å². The van der Waals surface area contributed by atoms with Gasteiger partial charge in [0.15, 0.2) is 0 Å². The first kappa shape index (κ1) is 11.4. The molecule has 3 nitrogen and oxygen atoms in total. The molecule has 18 heavy (non-hydrogen) atoms. The molecule has 90 valence electrons. The molecule has 2 aromatic heterocycles. The first-order chi connectivity index (χ1) is 8.72. The molecule has 0 fully saturated rings. The lowest BCUT2D eigenvalue weighted by atomic mass is 9.96. The van der Waals surface area contributed by atoms with Crippen molar-refractivity contribution in [2.24, 2.45) is 0 Å². The monoisotopic (exact) mass is 276 g/mol. The topological polar surface area (TPSA) is 54.4 Å². The molecule has 0 radical (unpaired) electrons. The number of carbonyl (C=O) groups excluding carboxylic acids is 2. The van der Waals surface area contributed by atoms with Crippen molar-refractivity contribution in [1.29, 1.82) is 0 Å². The molecule has 0 amide bonds. The van der Waals surface area contributed by atoms with E-state index in [1.165, 1.54) is 22.7 Å². The summed E-state index contributed by atoms with van der Waals surface area (Å²) in [5.74, 6) is -0.129. The van der Waals surface area contributed by atoms with Gasteiger partial charge in [0, 0.05) is 22.4 Å². The lowest BCUT2D eigenvalue weighted by molar-refractivity contribution is 0.0986. The van der Waals surface area contributed by atoms with Gasteiger partial charge in [-0.3, -0.25) is 9.59 Å². The number of allylic oxidation sites excluding steroid dienone is 1. The van der Waals surface area contributed by atoms with E-state index in [9.17, 15) is 9.59 Å². The van der Waals surface area contributed by atoms with Crippen LogP contribution in [0.25, 0.3) is 0 Å². The Balaban J connectivity index is 2.10. The van der Waals surface area contributed by atoms with Gasteiger partial charge in [0.05, 0.1) is 16.0 Å². The average molecular weight is 276 g/mol. The summed E-state index contributed by atoms with van der Waals surface area (Å²) in [5.41, 5.74) is 1.02. The van der Waals surface area contributed by atoms with E-state index in [0.29, 0.717) is 27.3 Å². The summed E-state index contributed by atoms with van der Waals surface area (Å²) in [4.78, 5) is 26.4. The minimum atomic E-state index is -0.0647. The van der Waals surface area contributed by atoms with Crippen LogP contribution in [0.1, 0.15) is 35.3 Å². The van der Waals surface area contributed by atoms with Crippen molar-refractivity contribution in [1.82, 2.24) is 0 Å². The molecule has 5 heteroatoms. The smallest absolute Gasteiger partial charge is 0.205 e. The highest BCUT2D eigenvalue weighted by Crippen LogP contribution is 2.35. The molecule has 0 saturated carbocycles. The van der Waals surface area contributed by atoms with Crippen LogP contribution in [0.5, 0.6) is 0 Å². The Morgan fingerprint density at radius 3 is 2.72 bits per heavy atom. The van der Waals surface area contributed by atoms with Gasteiger partial charge in [-0.2, -0.15) is 0 Å². The van der Waals surface area contributed by atoms with Crippen molar-refractivity contribution in [3.63, 3.8) is 0 Å². The molecule has 0 spiro atoms. The second kappa shape index (κ2) is 4.19. The van der Waals surface area contributed by atoms with Crippen molar-refractivity contribution in [3.05, 3.63) is 55.6 Å². The second-order valence-corrected chi connectivity index (χ2v) is 5.92. The average Bonchev–Trinajstić information content (AvgIpc) is 3.00. The molecule has 1 aliphatic rings. The molecule has 0 aliphatic heterocycles. The predicted molar refractivity (Wildman–Crippen MR) is 71.0 cm³/mol. The molecule has 1 aliphatic carbocycles. The van der Waals surface area contributed by atoms with Crippen molar-refractivity contribution in [3.8, 4) is 0 Å². The Morgan fingerprint density at radius 1 is 1.17 bits per heavy atom. The van der Waals surface area contributed by atoms with Gasteiger partial charge in [-0.1, -0.05) is 0 Å². The van der Waals surface area contributed by atoms with Gasteiger partial charge in [0.25, 0.3) is 0 Å². The van der Waals surface area contributed by atoms with Gasteiger partial charge in [0.1, 0.15) is 0 Å². The van der Waals surface area contributed by atoms with Gasteiger partial charge in [-0.05, 0) is 23.6 Å². The SMILES string of the molecule is O=C1c2cc(CC=CO)sc2C(=O)c2ccsc21. The number of aliphatic hydroxyl groups excluding tert-OH is 1. The van der Waals surface area contributed by atoms with E-state index in [1.54, 1.807) is 23.6 Å². The summed E-state index contributed by atoms with van der Waals surface area (Å²) in [6.45, 7) is 0. The second-order valence-electron chi connectivity index (χ2n) is 3.87. The van der Waals surface area contributed by atoms with Crippen LogP contribution in [-0.4, -0.2) is 16.7 Å². The zero-order valence-electron chi connectivity index (χ0n) is 9.17. The summed E-state index contributed by atoms with van der Waals surface area (Å²) >= 11 is 2.63. The summed E-state index contributed by atoms with van der Waals surface area (Å²) in [5, 5.41) is 10.4. The largest absolute Gasteiger partial charge is 0.516 e. The van der Waals surface area contributed by atoms with E-state index in [1.807, 2.05) is 0 Å². The lowest BCUT2D eigenvalue weighted by Gasteiger charge is -2.08. The molecule has 0 aromatic carbocycles. The standard InChI is InChI=1S/C13H8O3S2/c14-4-1-2-7-6-9-11(16)12-8(3-5-17-12)10(15)13(9)18-7/h1,3-6,14H,2H2. The minimum absolute atomic E-state index is 0.0647. The van der Waals surface area contributed by atoms with Gasteiger partial charge in [0.2, 0.25) is 11.6 Å². The fourth-order valence-electron chi connectivity index (χ4n) is 1.96. The van der Waals surface area contributed by atoms with Crippen LogP contribution in [0.3, 0.4) is 0 Å². The summed E-state index contributed by atoms with van der Waals surface area (Å²) < 4.78 is 0. The Hall–Kier alpha value is -1.72. The zero-order valence-corrected chi connectivity index (χ0v) is 10.8. The highest BCUT2D eigenvalue weighted by molar-refractivity contribution is 7.16. The summed E-state index contributed by atoms with van der Waals surface area (Å²) in [6.07, 6.45) is 3.09. The zero-order chi connectivity index (χ0) is 12.7. The van der Waals surface area contributed by atoms with Crippen molar-refractivity contribution >= 4 is 34.2 Å². The van der Waals surface area contributed by atoms with Crippen LogP contribution >= 0.6 is 22.7 Å². The third kappa shape index (κ3) is 1.55. The van der Waals surface area contributed by atoms with E-state index < -0.39 is 0 Å². The number of ketones is 2. The van der Waals surface area contributed by atoms with Gasteiger partial charge >= 0.3 is 0 Å². The molecule has 0 unspecified atom stereocenters. The number of fused-ring (bicyclic) bond motifs is 2. The van der Waals surface area contributed by atoms with Crippen molar-refractivity contribution in [2.75, 3.05) is 0 Å². The quantitative estimate of drug-likeness (QED) is 0.731. The van der Waals surface area contributed by atoms with Gasteiger partial charge < -0.3 is 5.11 Å². The highest BCUT2D eigenvalue weighted by Gasteiger charge is 2.32. The Kier molecular flexibility index (Phi) is 2.65. The molecular weight excluding hydrogens is 268 g/mol. The van der Waals surface area contributed by atoms with Crippen LogP contribution in [0.15, 0.2) is 29.9 Å². The van der Waals surface area contributed by atoms with Crippen molar-refractivity contribution < 1.29 is 14.7 Å². The van der Waals surface area contributed by atoms with Gasteiger partial charge in [-0.15, -0.1) is 22.7 Å². The maximum atomic E-state index is 12.2. The summed E-state index contributed by atoms with van der Waals surface area (Å²) in [6, 6.07) is 3.46. The fourth-order valence-corrected chi connectivity index (χ4v) is 3.89. The molecule has 2 heterocycles. The molecule has 0 saturated heterocycles. The van der Waals surface area contributed by atoms with Gasteiger partial charge in [-0.25, -0.2) is 0 Å². The van der Waals surface area contributed by atoms with E-state index in [2.05, 4.69) is 0 Å². The van der Waals surface area contributed by atoms with Crippen LogP contribution in [-0.2, 0) is 6.42 Å². The van der Waals surface area contributed by atoms with E-state index >= 15 is 0 Å². The number of rotatable bonds is 2. The maximum absolute atomic E-state index is 12.2. The minimum Gasteiger partial charge on any atom is -0.516 e. The molecule has 0 bridgehead atoms. The molecule has 0 atom stereocenters. The van der Waals surface area contributed by atoms with Crippen molar-refractivity contribution in [2.45, 2.75) is 6.42 Å². The first-order valence-corrected chi connectivity index (χ1v) is 7.01.